The summed E-state index contributed by atoms with van der Waals surface area (Å²) in [6.07, 6.45) is 7.56. The van der Waals surface area contributed by atoms with Crippen LogP contribution in [0.25, 0.3) is 0 Å². The van der Waals surface area contributed by atoms with E-state index in [4.69, 9.17) is 23.8 Å². The van der Waals surface area contributed by atoms with Crippen LogP contribution in [0.3, 0.4) is 0 Å². The second-order valence-electron chi connectivity index (χ2n) is 8.88. The van der Waals surface area contributed by atoms with Crippen LogP contribution in [0.5, 0.6) is 0 Å². The first-order chi connectivity index (χ1) is 12.7. The van der Waals surface area contributed by atoms with E-state index < -0.39 is 0 Å². The highest BCUT2D eigenvalue weighted by molar-refractivity contribution is 7.80. The van der Waals surface area contributed by atoms with Crippen molar-refractivity contribution in [1.82, 2.24) is 9.80 Å². The van der Waals surface area contributed by atoms with Crippen molar-refractivity contribution < 1.29 is 0 Å². The Morgan fingerprint density at radius 1 is 0.962 bits per heavy atom. The highest BCUT2D eigenvalue weighted by Crippen LogP contribution is 2.55. The molecule has 5 heteroatoms. The summed E-state index contributed by atoms with van der Waals surface area (Å²) in [7, 11) is 0. The molecule has 1 aromatic rings. The zero-order chi connectivity index (χ0) is 17.7. The standard InChI is InChI=1S/C21H28ClN3S/c22-18-2-1-3-19(13-18)23-21(26)25-6-4-24(5-7-25)20-16-9-14-8-15(11-16)12-17(20)10-14/h1-3,13-17,20H,4-12H2,(H,23,26). The minimum Gasteiger partial charge on any atom is -0.346 e. The summed E-state index contributed by atoms with van der Waals surface area (Å²) in [4.78, 5) is 5.13. The molecule has 1 heterocycles. The third kappa shape index (κ3) is 3.25. The van der Waals surface area contributed by atoms with Gasteiger partial charge in [-0.15, -0.1) is 0 Å². The highest BCUT2D eigenvalue weighted by Gasteiger charge is 2.50. The van der Waals surface area contributed by atoms with Gasteiger partial charge in [0.2, 0.25) is 0 Å². The van der Waals surface area contributed by atoms with Crippen LogP contribution in [0.2, 0.25) is 5.02 Å². The van der Waals surface area contributed by atoms with Crippen LogP contribution in [0.15, 0.2) is 24.3 Å². The Morgan fingerprint density at radius 3 is 2.23 bits per heavy atom. The first kappa shape index (κ1) is 17.3. The average Bonchev–Trinajstić information content (AvgIpc) is 2.61. The van der Waals surface area contributed by atoms with Crippen LogP contribution in [0, 0.1) is 23.7 Å². The number of piperazine rings is 1. The number of hydrogen-bond donors (Lipinski definition) is 1. The maximum absolute atomic E-state index is 6.08. The van der Waals surface area contributed by atoms with Crippen LogP contribution in [0.4, 0.5) is 5.69 Å². The number of nitrogens with zero attached hydrogens (tertiary/aromatic N) is 2. The summed E-state index contributed by atoms with van der Waals surface area (Å²) in [6, 6.07) is 8.65. The molecule has 26 heavy (non-hydrogen) atoms. The van der Waals surface area contributed by atoms with E-state index in [0.29, 0.717) is 0 Å². The monoisotopic (exact) mass is 389 g/mol. The molecule has 3 nitrogen and oxygen atoms in total. The molecule has 0 unspecified atom stereocenters. The van der Waals surface area contributed by atoms with E-state index in [9.17, 15) is 0 Å². The summed E-state index contributed by atoms with van der Waals surface area (Å²) in [5, 5.41) is 4.92. The van der Waals surface area contributed by atoms with E-state index in [1.807, 2.05) is 24.3 Å². The molecule has 0 amide bonds. The molecule has 6 rings (SSSR count). The molecule has 5 aliphatic rings. The van der Waals surface area contributed by atoms with Crippen molar-refractivity contribution in [3.8, 4) is 0 Å². The Morgan fingerprint density at radius 2 is 1.62 bits per heavy atom. The predicted molar refractivity (Wildman–Crippen MR) is 112 cm³/mol. The molecule has 1 aliphatic heterocycles. The van der Waals surface area contributed by atoms with Gasteiger partial charge in [-0.25, -0.2) is 0 Å². The molecule has 1 saturated heterocycles. The lowest BCUT2D eigenvalue weighted by Crippen LogP contribution is -2.60. The average molecular weight is 390 g/mol. The maximum Gasteiger partial charge on any atom is 0.173 e. The van der Waals surface area contributed by atoms with Crippen molar-refractivity contribution in [3.05, 3.63) is 29.3 Å². The number of nitrogens with one attached hydrogen (secondary N) is 1. The smallest absolute Gasteiger partial charge is 0.173 e. The summed E-state index contributed by atoms with van der Waals surface area (Å²) in [5.74, 6) is 4.08. The van der Waals surface area contributed by atoms with Crippen LogP contribution >= 0.6 is 23.8 Å². The molecule has 5 fully saturated rings. The van der Waals surface area contributed by atoms with Gasteiger partial charge in [0.1, 0.15) is 0 Å². The van der Waals surface area contributed by atoms with Gasteiger partial charge in [-0.1, -0.05) is 17.7 Å². The molecule has 4 bridgehead atoms. The van der Waals surface area contributed by atoms with E-state index in [1.54, 1.807) is 0 Å². The topological polar surface area (TPSA) is 18.5 Å². The van der Waals surface area contributed by atoms with Gasteiger partial charge in [-0.2, -0.15) is 0 Å². The summed E-state index contributed by atoms with van der Waals surface area (Å²) >= 11 is 11.7. The minimum absolute atomic E-state index is 0.740. The number of rotatable bonds is 2. The maximum atomic E-state index is 6.08. The molecule has 1 N–H and O–H groups in total. The van der Waals surface area contributed by atoms with Crippen LogP contribution in [0.1, 0.15) is 32.1 Å². The number of hydrogen-bond acceptors (Lipinski definition) is 2. The Labute approximate surface area is 167 Å². The van der Waals surface area contributed by atoms with Gasteiger partial charge in [0.15, 0.2) is 5.11 Å². The van der Waals surface area contributed by atoms with Crippen molar-refractivity contribution in [1.29, 1.82) is 0 Å². The van der Waals surface area contributed by atoms with Crippen molar-refractivity contribution in [2.45, 2.75) is 38.1 Å². The quantitative estimate of drug-likeness (QED) is 0.751. The zero-order valence-electron chi connectivity index (χ0n) is 15.2. The summed E-state index contributed by atoms with van der Waals surface area (Å²) in [6.45, 7) is 4.39. The number of thiocarbonyl (C=S) groups is 1. The van der Waals surface area contributed by atoms with Crippen LogP contribution < -0.4 is 5.32 Å². The molecule has 0 atom stereocenters. The lowest BCUT2D eigenvalue weighted by atomic mass is 9.54. The van der Waals surface area contributed by atoms with E-state index in [-0.39, 0.29) is 0 Å². The van der Waals surface area contributed by atoms with Gasteiger partial charge in [0.25, 0.3) is 0 Å². The third-order valence-electron chi connectivity index (χ3n) is 7.28. The second kappa shape index (κ2) is 6.96. The van der Waals surface area contributed by atoms with E-state index in [2.05, 4.69) is 15.1 Å². The number of benzene rings is 1. The molecule has 4 saturated carbocycles. The Kier molecular flexibility index (Phi) is 4.62. The van der Waals surface area contributed by atoms with Gasteiger partial charge in [0.05, 0.1) is 0 Å². The molecular weight excluding hydrogens is 362 g/mol. The van der Waals surface area contributed by atoms with Crippen LogP contribution in [-0.4, -0.2) is 47.1 Å². The lowest BCUT2D eigenvalue weighted by Gasteiger charge is -2.58. The Bertz CT molecular complexity index is 658. The lowest BCUT2D eigenvalue weighted by molar-refractivity contribution is -0.0726. The zero-order valence-corrected chi connectivity index (χ0v) is 16.8. The fraction of sp³-hybridized carbons (Fsp3) is 0.667. The highest BCUT2D eigenvalue weighted by atomic mass is 35.5. The largest absolute Gasteiger partial charge is 0.346 e. The molecular formula is C21H28ClN3S. The first-order valence-corrected chi connectivity index (χ1v) is 11.0. The number of anilines is 1. The van der Waals surface area contributed by atoms with Gasteiger partial charge < -0.3 is 10.2 Å². The molecule has 1 aromatic carbocycles. The molecule has 4 aliphatic carbocycles. The number of halogens is 1. The first-order valence-electron chi connectivity index (χ1n) is 10.2. The van der Waals surface area contributed by atoms with E-state index in [0.717, 1.165) is 71.7 Å². The molecule has 140 valence electrons. The summed E-state index contributed by atoms with van der Waals surface area (Å²) < 4.78 is 0. The van der Waals surface area contributed by atoms with Gasteiger partial charge in [-0.05, 0) is 86.2 Å². The normalized spacial score (nSPS) is 36.3. The van der Waals surface area contributed by atoms with Crippen molar-refractivity contribution in [2.24, 2.45) is 23.7 Å². The summed E-state index contributed by atoms with van der Waals surface area (Å²) in [5.41, 5.74) is 0.978. The fourth-order valence-electron chi connectivity index (χ4n) is 6.48. The third-order valence-corrected chi connectivity index (χ3v) is 7.87. The Balaban J connectivity index is 1.18. The second-order valence-corrected chi connectivity index (χ2v) is 9.71. The van der Waals surface area contributed by atoms with E-state index >= 15 is 0 Å². The van der Waals surface area contributed by atoms with E-state index in [1.165, 1.54) is 32.1 Å². The van der Waals surface area contributed by atoms with Crippen molar-refractivity contribution >= 4 is 34.6 Å². The molecule has 0 spiro atoms. The van der Waals surface area contributed by atoms with Crippen molar-refractivity contribution in [3.63, 3.8) is 0 Å². The van der Waals surface area contributed by atoms with Crippen LogP contribution in [-0.2, 0) is 0 Å². The minimum atomic E-state index is 0.740. The van der Waals surface area contributed by atoms with Crippen molar-refractivity contribution in [2.75, 3.05) is 31.5 Å². The SMILES string of the molecule is S=C(Nc1cccc(Cl)c1)N1CCN(C2C3CC4CC(C3)CC2C4)CC1. The van der Waals surface area contributed by atoms with Gasteiger partial charge >= 0.3 is 0 Å². The molecule has 0 radical (unpaired) electrons. The Hall–Kier alpha value is -0.840. The fourth-order valence-corrected chi connectivity index (χ4v) is 6.98. The predicted octanol–water partition coefficient (Wildman–Crippen LogP) is 4.48. The molecule has 0 aromatic heterocycles. The van der Waals surface area contributed by atoms with Gasteiger partial charge in [0, 0.05) is 42.9 Å². The van der Waals surface area contributed by atoms with Gasteiger partial charge in [-0.3, -0.25) is 4.90 Å².